The Labute approximate surface area is 164 Å². The zero-order valence-corrected chi connectivity index (χ0v) is 16.5. The number of rotatable bonds is 4. The smallest absolute Gasteiger partial charge is 0.229 e. The molecule has 0 aliphatic carbocycles. The van der Waals surface area contributed by atoms with Crippen LogP contribution in [0.4, 0.5) is 5.82 Å². The van der Waals surface area contributed by atoms with Crippen LogP contribution in [0.2, 0.25) is 0 Å². The molecule has 4 rings (SSSR count). The van der Waals surface area contributed by atoms with Crippen molar-refractivity contribution in [2.45, 2.75) is 0 Å². The first-order valence-electron chi connectivity index (χ1n) is 9.28. The maximum atomic E-state index is 12.7. The van der Waals surface area contributed by atoms with Gasteiger partial charge < -0.3 is 9.80 Å². The molecule has 28 heavy (non-hydrogen) atoms. The number of amides is 1. The lowest BCUT2D eigenvalue weighted by Gasteiger charge is -2.43. The summed E-state index contributed by atoms with van der Waals surface area (Å²) in [4.78, 5) is 25.2. The standard InChI is InChI=1S/C19H23N5O3S/c1-28(26,27)24-9-7-22(8-10-24)19(25)16-12-23(13-16)18-11-17(20-14-21-18)15-5-3-2-4-6-15/h2-6,11,14,16H,7-10,12-13H2,1H3. The van der Waals surface area contributed by atoms with E-state index in [9.17, 15) is 13.2 Å². The van der Waals surface area contributed by atoms with E-state index >= 15 is 0 Å². The van der Waals surface area contributed by atoms with Gasteiger partial charge in [-0.05, 0) is 0 Å². The van der Waals surface area contributed by atoms with E-state index in [1.165, 1.54) is 10.6 Å². The molecular weight excluding hydrogens is 378 g/mol. The van der Waals surface area contributed by atoms with Crippen molar-refractivity contribution >= 4 is 21.7 Å². The second-order valence-electron chi connectivity index (χ2n) is 7.22. The van der Waals surface area contributed by atoms with Gasteiger partial charge in [0, 0.05) is 50.9 Å². The van der Waals surface area contributed by atoms with Crippen LogP contribution in [0.5, 0.6) is 0 Å². The number of aromatic nitrogens is 2. The van der Waals surface area contributed by atoms with E-state index in [1.807, 2.05) is 36.4 Å². The summed E-state index contributed by atoms with van der Waals surface area (Å²) in [7, 11) is -3.19. The fourth-order valence-electron chi connectivity index (χ4n) is 3.61. The number of carbonyl (C=O) groups excluding carboxylic acids is 1. The number of hydrogen-bond acceptors (Lipinski definition) is 6. The number of piperazine rings is 1. The number of sulfonamides is 1. The van der Waals surface area contributed by atoms with Crippen LogP contribution in [-0.4, -0.2) is 79.0 Å². The Balaban J connectivity index is 1.34. The highest BCUT2D eigenvalue weighted by Crippen LogP contribution is 2.27. The van der Waals surface area contributed by atoms with E-state index in [0.717, 1.165) is 17.1 Å². The number of benzene rings is 1. The van der Waals surface area contributed by atoms with Gasteiger partial charge in [-0.2, -0.15) is 4.31 Å². The van der Waals surface area contributed by atoms with Gasteiger partial charge in [-0.1, -0.05) is 30.3 Å². The van der Waals surface area contributed by atoms with Gasteiger partial charge in [0.2, 0.25) is 15.9 Å². The first-order chi connectivity index (χ1) is 13.4. The lowest BCUT2D eigenvalue weighted by Crippen LogP contribution is -2.58. The summed E-state index contributed by atoms with van der Waals surface area (Å²) in [6.45, 7) is 2.88. The van der Waals surface area contributed by atoms with Gasteiger partial charge in [0.25, 0.3) is 0 Å². The molecule has 0 atom stereocenters. The van der Waals surface area contributed by atoms with Crippen molar-refractivity contribution in [3.8, 4) is 11.3 Å². The van der Waals surface area contributed by atoms with E-state index in [0.29, 0.717) is 39.3 Å². The predicted molar refractivity (Wildman–Crippen MR) is 106 cm³/mol. The average Bonchev–Trinajstić information content (AvgIpc) is 2.67. The third-order valence-corrected chi connectivity index (χ3v) is 6.60. The summed E-state index contributed by atoms with van der Waals surface area (Å²) in [6.07, 6.45) is 2.76. The molecule has 1 amide bonds. The highest BCUT2D eigenvalue weighted by Gasteiger charge is 2.37. The van der Waals surface area contributed by atoms with Crippen LogP contribution in [-0.2, 0) is 14.8 Å². The molecule has 0 bridgehead atoms. The summed E-state index contributed by atoms with van der Waals surface area (Å²) >= 11 is 0. The second kappa shape index (κ2) is 7.48. The summed E-state index contributed by atoms with van der Waals surface area (Å²) in [5.41, 5.74) is 1.89. The number of hydrogen-bond donors (Lipinski definition) is 0. The summed E-state index contributed by atoms with van der Waals surface area (Å²) in [5, 5.41) is 0. The number of carbonyl (C=O) groups is 1. The lowest BCUT2D eigenvalue weighted by molar-refractivity contribution is -0.137. The van der Waals surface area contributed by atoms with Crippen LogP contribution in [0.15, 0.2) is 42.7 Å². The van der Waals surface area contributed by atoms with Crippen LogP contribution >= 0.6 is 0 Å². The van der Waals surface area contributed by atoms with E-state index in [1.54, 1.807) is 11.2 Å². The molecule has 0 radical (unpaired) electrons. The van der Waals surface area contributed by atoms with Crippen LogP contribution in [0, 0.1) is 5.92 Å². The first kappa shape index (κ1) is 18.8. The Hall–Kier alpha value is -2.52. The Bertz CT molecular complexity index is 953. The molecule has 2 aliphatic rings. The highest BCUT2D eigenvalue weighted by atomic mass is 32.2. The molecule has 2 fully saturated rings. The van der Waals surface area contributed by atoms with Gasteiger partial charge in [-0.15, -0.1) is 0 Å². The van der Waals surface area contributed by atoms with Gasteiger partial charge in [-0.25, -0.2) is 18.4 Å². The van der Waals surface area contributed by atoms with Crippen LogP contribution < -0.4 is 4.90 Å². The predicted octanol–water partition coefficient (Wildman–Crippen LogP) is 0.684. The van der Waals surface area contributed by atoms with Crippen molar-refractivity contribution < 1.29 is 13.2 Å². The minimum Gasteiger partial charge on any atom is -0.355 e. The van der Waals surface area contributed by atoms with Crippen molar-refractivity contribution in [2.24, 2.45) is 5.92 Å². The Morgan fingerprint density at radius 2 is 1.71 bits per heavy atom. The molecule has 0 spiro atoms. The van der Waals surface area contributed by atoms with E-state index in [4.69, 9.17) is 0 Å². The molecule has 2 aliphatic heterocycles. The van der Waals surface area contributed by atoms with Crippen LogP contribution in [0.3, 0.4) is 0 Å². The van der Waals surface area contributed by atoms with Gasteiger partial charge in [0.15, 0.2) is 0 Å². The molecular formula is C19H23N5O3S. The molecule has 0 N–H and O–H groups in total. The van der Waals surface area contributed by atoms with E-state index in [-0.39, 0.29) is 11.8 Å². The lowest BCUT2D eigenvalue weighted by atomic mass is 9.98. The zero-order valence-electron chi connectivity index (χ0n) is 15.7. The molecule has 8 nitrogen and oxygen atoms in total. The Morgan fingerprint density at radius 1 is 1.04 bits per heavy atom. The Morgan fingerprint density at radius 3 is 2.36 bits per heavy atom. The largest absolute Gasteiger partial charge is 0.355 e. The maximum Gasteiger partial charge on any atom is 0.229 e. The number of anilines is 1. The molecule has 9 heteroatoms. The van der Waals surface area contributed by atoms with Crippen molar-refractivity contribution in [3.05, 3.63) is 42.7 Å². The fourth-order valence-corrected chi connectivity index (χ4v) is 4.43. The van der Waals surface area contributed by atoms with E-state index in [2.05, 4.69) is 14.9 Å². The summed E-state index contributed by atoms with van der Waals surface area (Å²) < 4.78 is 24.6. The monoisotopic (exact) mass is 401 g/mol. The topological polar surface area (TPSA) is 86.7 Å². The normalized spacial score (nSPS) is 18.8. The summed E-state index contributed by atoms with van der Waals surface area (Å²) in [6, 6.07) is 11.9. The third kappa shape index (κ3) is 3.85. The molecule has 1 aromatic carbocycles. The fraction of sp³-hybridized carbons (Fsp3) is 0.421. The quantitative estimate of drug-likeness (QED) is 0.749. The molecule has 2 aromatic rings. The first-order valence-corrected chi connectivity index (χ1v) is 11.1. The average molecular weight is 401 g/mol. The van der Waals surface area contributed by atoms with Crippen LogP contribution in [0.1, 0.15) is 0 Å². The SMILES string of the molecule is CS(=O)(=O)N1CCN(C(=O)C2CN(c3cc(-c4ccccc4)ncn3)C2)CC1. The van der Waals surface area contributed by atoms with Gasteiger partial charge in [0.1, 0.15) is 12.1 Å². The Kier molecular flexibility index (Phi) is 5.03. The van der Waals surface area contributed by atoms with Crippen molar-refractivity contribution in [2.75, 3.05) is 50.4 Å². The highest BCUT2D eigenvalue weighted by molar-refractivity contribution is 7.88. The zero-order chi connectivity index (χ0) is 19.7. The van der Waals surface area contributed by atoms with Crippen molar-refractivity contribution in [1.29, 1.82) is 0 Å². The second-order valence-corrected chi connectivity index (χ2v) is 9.20. The molecule has 148 valence electrons. The van der Waals surface area contributed by atoms with Gasteiger partial charge in [0.05, 0.1) is 17.9 Å². The summed E-state index contributed by atoms with van der Waals surface area (Å²) in [5.74, 6) is 0.849. The van der Waals surface area contributed by atoms with Crippen LogP contribution in [0.25, 0.3) is 11.3 Å². The van der Waals surface area contributed by atoms with E-state index < -0.39 is 10.0 Å². The third-order valence-electron chi connectivity index (χ3n) is 5.30. The molecule has 1 aromatic heterocycles. The van der Waals surface area contributed by atoms with Gasteiger partial charge >= 0.3 is 0 Å². The molecule has 3 heterocycles. The van der Waals surface area contributed by atoms with Crippen molar-refractivity contribution in [1.82, 2.24) is 19.2 Å². The molecule has 0 saturated carbocycles. The van der Waals surface area contributed by atoms with Gasteiger partial charge in [-0.3, -0.25) is 4.79 Å². The maximum absolute atomic E-state index is 12.7. The number of nitrogens with zero attached hydrogens (tertiary/aromatic N) is 5. The minimum absolute atomic E-state index is 0.0695. The molecule has 2 saturated heterocycles. The van der Waals surface area contributed by atoms with Crippen molar-refractivity contribution in [3.63, 3.8) is 0 Å². The minimum atomic E-state index is -3.19. The molecule has 0 unspecified atom stereocenters.